The van der Waals surface area contributed by atoms with Gasteiger partial charge >= 0.3 is 0 Å². The fraction of sp³-hybridized carbons (Fsp3) is 0.360. The summed E-state index contributed by atoms with van der Waals surface area (Å²) >= 11 is 9.06. The van der Waals surface area contributed by atoms with Gasteiger partial charge < -0.3 is 19.4 Å². The SMILES string of the molecule is Fc1cc(Br)ccc1-c1ccc(C2C(c3ccccn3)NC(=S)N2CCCN2CCOCC2)o1. The second kappa shape index (κ2) is 10.5. The molecule has 2 unspecified atom stereocenters. The van der Waals surface area contributed by atoms with Crippen molar-refractivity contribution in [1.82, 2.24) is 20.1 Å². The summed E-state index contributed by atoms with van der Waals surface area (Å²) in [4.78, 5) is 9.17. The number of halogens is 2. The Bertz CT molecular complexity index is 1140. The first-order valence-corrected chi connectivity index (χ1v) is 12.6. The Labute approximate surface area is 212 Å². The Morgan fingerprint density at radius 1 is 1.12 bits per heavy atom. The van der Waals surface area contributed by atoms with E-state index in [1.807, 2.05) is 36.4 Å². The van der Waals surface area contributed by atoms with Gasteiger partial charge in [0.2, 0.25) is 0 Å². The Kier molecular flexibility index (Phi) is 7.24. The van der Waals surface area contributed by atoms with Crippen molar-refractivity contribution >= 4 is 33.3 Å². The fourth-order valence-corrected chi connectivity index (χ4v) is 5.26. The summed E-state index contributed by atoms with van der Waals surface area (Å²) in [7, 11) is 0. The van der Waals surface area contributed by atoms with Gasteiger partial charge in [0, 0.05) is 36.8 Å². The van der Waals surface area contributed by atoms with Crippen molar-refractivity contribution < 1.29 is 13.5 Å². The van der Waals surface area contributed by atoms with Crippen molar-refractivity contribution in [2.24, 2.45) is 0 Å². The molecule has 6 nitrogen and oxygen atoms in total. The van der Waals surface area contributed by atoms with E-state index in [4.69, 9.17) is 21.4 Å². The van der Waals surface area contributed by atoms with E-state index in [9.17, 15) is 4.39 Å². The highest BCUT2D eigenvalue weighted by Crippen LogP contribution is 2.40. The van der Waals surface area contributed by atoms with Gasteiger partial charge in [0.25, 0.3) is 0 Å². The highest BCUT2D eigenvalue weighted by Gasteiger charge is 2.41. The third-order valence-corrected chi connectivity index (χ3v) is 7.14. The van der Waals surface area contributed by atoms with Crippen LogP contribution in [0.15, 0.2) is 63.6 Å². The second-order valence-electron chi connectivity index (χ2n) is 8.45. The van der Waals surface area contributed by atoms with Crippen LogP contribution in [0.4, 0.5) is 4.39 Å². The zero-order valence-corrected chi connectivity index (χ0v) is 21.0. The molecule has 2 saturated heterocycles. The number of nitrogens with one attached hydrogen (secondary N) is 1. The van der Waals surface area contributed by atoms with Gasteiger partial charge in [-0.1, -0.05) is 22.0 Å². The first-order chi connectivity index (χ1) is 16.6. The van der Waals surface area contributed by atoms with E-state index in [1.165, 1.54) is 6.07 Å². The number of rotatable bonds is 7. The topological polar surface area (TPSA) is 53.8 Å². The number of hydrogen-bond acceptors (Lipinski definition) is 5. The lowest BCUT2D eigenvalue weighted by Crippen LogP contribution is -2.38. The molecule has 3 aromatic rings. The largest absolute Gasteiger partial charge is 0.459 e. The Hall–Kier alpha value is -2.33. The zero-order valence-electron chi connectivity index (χ0n) is 18.6. The van der Waals surface area contributed by atoms with Gasteiger partial charge in [-0.25, -0.2) is 4.39 Å². The van der Waals surface area contributed by atoms with Crippen LogP contribution in [0, 0.1) is 5.82 Å². The first-order valence-electron chi connectivity index (χ1n) is 11.4. The average Bonchev–Trinajstić information content (AvgIpc) is 3.45. The lowest BCUT2D eigenvalue weighted by Gasteiger charge is -2.29. The minimum Gasteiger partial charge on any atom is -0.459 e. The van der Waals surface area contributed by atoms with Crippen LogP contribution in [0.3, 0.4) is 0 Å². The van der Waals surface area contributed by atoms with Crippen LogP contribution in [-0.4, -0.2) is 59.3 Å². The van der Waals surface area contributed by atoms with E-state index in [2.05, 4.69) is 36.0 Å². The van der Waals surface area contributed by atoms with Gasteiger partial charge in [-0.2, -0.15) is 0 Å². The maximum absolute atomic E-state index is 14.6. The Morgan fingerprint density at radius 2 is 1.97 bits per heavy atom. The van der Waals surface area contributed by atoms with Gasteiger partial charge in [0.1, 0.15) is 23.4 Å². The molecule has 5 rings (SSSR count). The summed E-state index contributed by atoms with van der Waals surface area (Å²) in [5, 5.41) is 4.12. The highest BCUT2D eigenvalue weighted by molar-refractivity contribution is 9.10. The average molecular weight is 545 g/mol. The summed E-state index contributed by atoms with van der Waals surface area (Å²) in [5.41, 5.74) is 1.31. The molecular weight excluding hydrogens is 519 g/mol. The van der Waals surface area contributed by atoms with Crippen molar-refractivity contribution in [3.63, 3.8) is 0 Å². The lowest BCUT2D eigenvalue weighted by atomic mass is 10.0. The normalized spacial score (nSPS) is 21.1. The van der Waals surface area contributed by atoms with Crippen LogP contribution in [-0.2, 0) is 4.74 Å². The number of pyridine rings is 1. The molecule has 0 spiro atoms. The molecule has 0 saturated carbocycles. The lowest BCUT2D eigenvalue weighted by molar-refractivity contribution is 0.0365. The van der Waals surface area contributed by atoms with Crippen LogP contribution in [0.25, 0.3) is 11.3 Å². The molecule has 1 N–H and O–H groups in total. The number of nitrogens with zero attached hydrogens (tertiary/aromatic N) is 3. The van der Waals surface area contributed by atoms with Crippen molar-refractivity contribution in [3.05, 3.63) is 76.5 Å². The molecule has 4 heterocycles. The van der Waals surface area contributed by atoms with E-state index >= 15 is 0 Å². The number of ether oxygens (including phenoxy) is 1. The zero-order chi connectivity index (χ0) is 23.5. The van der Waals surface area contributed by atoms with Crippen molar-refractivity contribution in [3.8, 4) is 11.3 Å². The van der Waals surface area contributed by atoms with Crippen LogP contribution < -0.4 is 5.32 Å². The van der Waals surface area contributed by atoms with Crippen molar-refractivity contribution in [2.75, 3.05) is 39.4 Å². The second-order valence-corrected chi connectivity index (χ2v) is 9.76. The first kappa shape index (κ1) is 23.4. The molecule has 0 bridgehead atoms. The highest BCUT2D eigenvalue weighted by atomic mass is 79.9. The third kappa shape index (κ3) is 5.02. The predicted molar refractivity (Wildman–Crippen MR) is 136 cm³/mol. The summed E-state index contributed by atoms with van der Waals surface area (Å²) in [6.45, 7) is 5.26. The number of thiocarbonyl (C=S) groups is 1. The van der Waals surface area contributed by atoms with Gasteiger partial charge in [-0.05, 0) is 61.1 Å². The molecule has 1 aromatic carbocycles. The maximum atomic E-state index is 14.6. The minimum atomic E-state index is -0.334. The monoisotopic (exact) mass is 544 g/mol. The molecule has 34 heavy (non-hydrogen) atoms. The molecule has 9 heteroatoms. The van der Waals surface area contributed by atoms with Gasteiger partial charge in [-0.15, -0.1) is 0 Å². The molecule has 2 fully saturated rings. The quantitative estimate of drug-likeness (QED) is 0.423. The number of morpholine rings is 1. The smallest absolute Gasteiger partial charge is 0.170 e. The van der Waals surface area contributed by atoms with E-state index in [0.717, 1.165) is 57.3 Å². The van der Waals surface area contributed by atoms with E-state index in [0.29, 0.717) is 20.9 Å². The fourth-order valence-electron chi connectivity index (χ4n) is 4.59. The maximum Gasteiger partial charge on any atom is 0.170 e. The van der Waals surface area contributed by atoms with Crippen LogP contribution in [0.1, 0.15) is 30.0 Å². The predicted octanol–water partition coefficient (Wildman–Crippen LogP) is 4.94. The summed E-state index contributed by atoms with van der Waals surface area (Å²) in [6, 6.07) is 14.2. The summed E-state index contributed by atoms with van der Waals surface area (Å²) < 4.78 is 27.0. The van der Waals surface area contributed by atoms with Crippen LogP contribution in [0.2, 0.25) is 0 Å². The number of benzene rings is 1. The summed E-state index contributed by atoms with van der Waals surface area (Å²) in [5.74, 6) is 0.886. The minimum absolute atomic E-state index is 0.161. The Balaban J connectivity index is 1.41. The Morgan fingerprint density at radius 3 is 2.74 bits per heavy atom. The van der Waals surface area contributed by atoms with E-state index in [1.54, 1.807) is 12.3 Å². The standard InChI is InChI=1S/C25H26BrFN4O2S/c26-17-5-6-18(19(27)16-17)21-7-8-22(33-21)24-23(20-4-1-2-9-28-20)29-25(34)31(24)11-3-10-30-12-14-32-15-13-30/h1-2,4-9,16,23-24H,3,10-15H2,(H,29,34). The molecule has 0 amide bonds. The third-order valence-electron chi connectivity index (χ3n) is 6.29. The van der Waals surface area contributed by atoms with E-state index < -0.39 is 0 Å². The van der Waals surface area contributed by atoms with E-state index in [-0.39, 0.29) is 17.9 Å². The van der Waals surface area contributed by atoms with Crippen molar-refractivity contribution in [1.29, 1.82) is 0 Å². The van der Waals surface area contributed by atoms with Gasteiger partial charge in [0.05, 0.1) is 30.5 Å². The molecular formula is C25H26BrFN4O2S. The van der Waals surface area contributed by atoms with Gasteiger partial charge in [-0.3, -0.25) is 9.88 Å². The van der Waals surface area contributed by atoms with Crippen LogP contribution >= 0.6 is 28.1 Å². The number of furan rings is 1. The van der Waals surface area contributed by atoms with Crippen LogP contribution in [0.5, 0.6) is 0 Å². The number of aromatic nitrogens is 1. The molecule has 178 valence electrons. The van der Waals surface area contributed by atoms with Crippen molar-refractivity contribution in [2.45, 2.75) is 18.5 Å². The molecule has 2 aromatic heterocycles. The van der Waals surface area contributed by atoms with Gasteiger partial charge in [0.15, 0.2) is 5.11 Å². The molecule has 0 aliphatic carbocycles. The molecule has 2 atom stereocenters. The molecule has 0 radical (unpaired) electrons. The number of hydrogen-bond donors (Lipinski definition) is 1. The molecule has 2 aliphatic rings. The molecule has 2 aliphatic heterocycles. The summed E-state index contributed by atoms with van der Waals surface area (Å²) in [6.07, 6.45) is 2.74.